The van der Waals surface area contributed by atoms with Crippen LogP contribution in [0.5, 0.6) is 5.75 Å². The minimum absolute atomic E-state index is 0.0239. The van der Waals surface area contributed by atoms with E-state index in [1.54, 1.807) is 25.6 Å². The molecule has 0 amide bonds. The molecule has 7 radical (unpaired) electrons. The number of phenols is 1. The van der Waals surface area contributed by atoms with Crippen LogP contribution in [0.15, 0.2) is 18.2 Å². The molecular weight excluding hydrogens is 252 g/mol. The van der Waals surface area contributed by atoms with Crippen molar-refractivity contribution in [2.75, 3.05) is 0 Å². The van der Waals surface area contributed by atoms with E-state index in [1.807, 2.05) is 19.1 Å². The predicted molar refractivity (Wildman–Crippen MR) is 66.2 cm³/mol. The summed E-state index contributed by atoms with van der Waals surface area (Å²) >= 11 is 4.64. The van der Waals surface area contributed by atoms with Gasteiger partial charge >= 0.3 is 32.4 Å². The highest BCUT2D eigenvalue weighted by molar-refractivity contribution is 9.22. The Morgan fingerprint density at radius 1 is 1.21 bits per heavy atom. The Balaban J connectivity index is 0.000000791. The zero-order valence-corrected chi connectivity index (χ0v) is 12.3. The Hall–Kier alpha value is 0.266. The predicted octanol–water partition coefficient (Wildman–Crippen LogP) is 3.46. The molecule has 3 heteroatoms. The van der Waals surface area contributed by atoms with Gasteiger partial charge in [0, 0.05) is 0 Å². The van der Waals surface area contributed by atoms with Crippen LogP contribution in [-0.4, -0.2) is 24.6 Å². The average Bonchev–Trinajstić information content (AvgIpc) is 2.11. The number of hydrogen-bond donors (Lipinski definition) is 1. The van der Waals surface area contributed by atoms with E-state index in [-0.39, 0.29) is 5.41 Å². The number of hydrogen-bond acceptors (Lipinski definition) is 1. The van der Waals surface area contributed by atoms with Crippen LogP contribution in [0.4, 0.5) is 0 Å². The molecule has 0 aliphatic carbocycles. The molecule has 0 heterocycles. The van der Waals surface area contributed by atoms with Crippen LogP contribution in [0.25, 0.3) is 0 Å². The van der Waals surface area contributed by atoms with Gasteiger partial charge in [0.1, 0.15) is 5.75 Å². The molecule has 1 N–H and O–H groups in total. The molecule has 0 aliphatic heterocycles. The van der Waals surface area contributed by atoms with Crippen molar-refractivity contribution in [3.63, 3.8) is 0 Å². The fourth-order valence-electron chi connectivity index (χ4n) is 1.25. The smallest absolute Gasteiger partial charge is 0.508 e. The standard InChI is InChI=1S/C11H16O.BrH.Mg/c1-8-5-6-10(12)9(7-8)11(2,3)4;;/h5-7,12H,1-4H3;1H;/q;;+3/p-1. The van der Waals surface area contributed by atoms with Gasteiger partial charge in [0.15, 0.2) is 0 Å². The number of aromatic hydroxyl groups is 1. The maximum absolute atomic E-state index is 9.57. The first-order chi connectivity index (χ1) is 6.41. The molecular formula is C11H16BrMgO+2. The molecule has 0 spiro atoms. The summed E-state index contributed by atoms with van der Waals surface area (Å²) in [5.74, 6) is 0.396. The van der Waals surface area contributed by atoms with E-state index in [9.17, 15) is 5.11 Å². The van der Waals surface area contributed by atoms with Crippen molar-refractivity contribution in [3.05, 3.63) is 29.3 Å². The number of phenolic OH excluding ortho intramolecular Hbond substituents is 1. The summed E-state index contributed by atoms with van der Waals surface area (Å²) in [5.41, 5.74) is 2.23. The van der Waals surface area contributed by atoms with Crippen molar-refractivity contribution in [2.24, 2.45) is 0 Å². The molecule has 0 fully saturated rings. The highest BCUT2D eigenvalue weighted by atomic mass is 79.9. The Labute approximate surface area is 105 Å². The van der Waals surface area contributed by atoms with Gasteiger partial charge in [-0.3, -0.25) is 0 Å². The van der Waals surface area contributed by atoms with Gasteiger partial charge in [0.2, 0.25) is 0 Å². The summed E-state index contributed by atoms with van der Waals surface area (Å²) in [7, 11) is 0. The summed E-state index contributed by atoms with van der Waals surface area (Å²) in [4.78, 5) is 0. The van der Waals surface area contributed by atoms with Gasteiger partial charge in [-0.25, -0.2) is 0 Å². The minimum Gasteiger partial charge on any atom is -0.508 e. The van der Waals surface area contributed by atoms with E-state index in [4.69, 9.17) is 0 Å². The number of halogens is 1. The maximum Gasteiger partial charge on any atom is 1.52 e. The van der Waals surface area contributed by atoms with Gasteiger partial charge in [-0.15, -0.1) is 0 Å². The molecule has 0 saturated carbocycles. The first kappa shape index (κ1) is 14.3. The van der Waals surface area contributed by atoms with Crippen LogP contribution in [0.2, 0.25) is 0 Å². The SMILES string of the molecule is Cc1ccc(O)c(C(C)(C)C)c1.[Mg+2][Br]. The summed E-state index contributed by atoms with van der Waals surface area (Å²) in [6.45, 7) is 8.33. The Bertz CT molecular complexity index is 292. The molecule has 73 valence electrons. The molecule has 1 nitrogen and oxygen atoms in total. The zero-order valence-electron chi connectivity index (χ0n) is 9.26. The summed E-state index contributed by atoms with van der Waals surface area (Å²) in [5, 5.41) is 9.57. The molecule has 0 aliphatic rings. The molecule has 1 aromatic carbocycles. The van der Waals surface area contributed by atoms with E-state index < -0.39 is 0 Å². The Morgan fingerprint density at radius 2 is 1.71 bits per heavy atom. The van der Waals surface area contributed by atoms with E-state index in [2.05, 4.69) is 33.7 Å². The monoisotopic (exact) mass is 267 g/mol. The molecule has 1 rings (SSSR count). The molecule has 0 unspecified atom stereocenters. The minimum atomic E-state index is 0.0239. The van der Waals surface area contributed by atoms with Gasteiger partial charge in [-0.1, -0.05) is 38.5 Å². The highest BCUT2D eigenvalue weighted by Crippen LogP contribution is 2.30. The van der Waals surface area contributed by atoms with Crippen LogP contribution in [0.1, 0.15) is 31.9 Å². The van der Waals surface area contributed by atoms with E-state index in [1.165, 1.54) is 5.56 Å². The van der Waals surface area contributed by atoms with Crippen molar-refractivity contribution in [3.8, 4) is 5.75 Å². The van der Waals surface area contributed by atoms with Crippen LogP contribution in [-0.2, 0) is 5.41 Å². The van der Waals surface area contributed by atoms with Gasteiger partial charge in [0.05, 0.1) is 0 Å². The van der Waals surface area contributed by atoms with E-state index in [0.717, 1.165) is 5.56 Å². The van der Waals surface area contributed by atoms with Gasteiger partial charge in [-0.05, 0) is 24.0 Å². The third-order valence-corrected chi connectivity index (χ3v) is 1.96. The number of benzene rings is 1. The lowest BCUT2D eigenvalue weighted by Crippen LogP contribution is -2.11. The third kappa shape index (κ3) is 4.19. The van der Waals surface area contributed by atoms with Crippen molar-refractivity contribution in [1.29, 1.82) is 0 Å². The largest absolute Gasteiger partial charge is 1.52 e. The molecule has 0 saturated heterocycles. The molecule has 1 aromatic rings. The summed E-state index contributed by atoms with van der Waals surface area (Å²) < 4.78 is 0. The fourth-order valence-corrected chi connectivity index (χ4v) is 1.25. The van der Waals surface area contributed by atoms with Crippen LogP contribution < -0.4 is 0 Å². The molecule has 0 aromatic heterocycles. The molecule has 14 heavy (non-hydrogen) atoms. The normalized spacial score (nSPS) is 10.4. The second kappa shape index (κ2) is 5.98. The summed E-state index contributed by atoms with van der Waals surface area (Å²) in [6, 6.07) is 5.72. The van der Waals surface area contributed by atoms with Gasteiger partial charge < -0.3 is 5.11 Å². The Morgan fingerprint density at radius 3 is 2.07 bits per heavy atom. The van der Waals surface area contributed by atoms with E-state index >= 15 is 0 Å². The van der Waals surface area contributed by atoms with E-state index in [0.29, 0.717) is 5.75 Å². The lowest BCUT2D eigenvalue weighted by Gasteiger charge is -2.20. The third-order valence-electron chi connectivity index (χ3n) is 1.96. The van der Waals surface area contributed by atoms with Gasteiger partial charge in [-0.2, -0.15) is 0 Å². The van der Waals surface area contributed by atoms with Crippen molar-refractivity contribution < 1.29 is 5.11 Å². The average molecular weight is 268 g/mol. The summed E-state index contributed by atoms with van der Waals surface area (Å²) in [6.07, 6.45) is 0. The lowest BCUT2D eigenvalue weighted by molar-refractivity contribution is 0.446. The quantitative estimate of drug-likeness (QED) is 0.714. The van der Waals surface area contributed by atoms with Crippen LogP contribution >= 0.6 is 12.9 Å². The first-order valence-electron chi connectivity index (χ1n) is 4.48. The molecule has 0 atom stereocenters. The second-order valence-electron chi connectivity index (χ2n) is 4.27. The van der Waals surface area contributed by atoms with Crippen molar-refractivity contribution in [2.45, 2.75) is 33.1 Å². The topological polar surface area (TPSA) is 20.2 Å². The number of rotatable bonds is 0. The van der Waals surface area contributed by atoms with Crippen LogP contribution in [0.3, 0.4) is 0 Å². The molecule has 0 bridgehead atoms. The van der Waals surface area contributed by atoms with Crippen LogP contribution in [0, 0.1) is 6.92 Å². The van der Waals surface area contributed by atoms with Crippen molar-refractivity contribution >= 4 is 32.4 Å². The Kier molecular flexibility index (Phi) is 6.10. The highest BCUT2D eigenvalue weighted by Gasteiger charge is 2.17. The fraction of sp³-hybridized carbons (Fsp3) is 0.455. The second-order valence-corrected chi connectivity index (χ2v) is 4.27. The van der Waals surface area contributed by atoms with Gasteiger partial charge in [0.25, 0.3) is 0 Å². The zero-order chi connectivity index (χ0) is 11.4. The lowest BCUT2D eigenvalue weighted by atomic mass is 9.85. The first-order valence-corrected chi connectivity index (χ1v) is 8.38. The van der Waals surface area contributed by atoms with Crippen molar-refractivity contribution in [1.82, 2.24) is 0 Å². The number of aryl methyl sites for hydroxylation is 1. The maximum atomic E-state index is 9.57.